The zero-order chi connectivity index (χ0) is 18.2. The van der Waals surface area contributed by atoms with Gasteiger partial charge in [-0.1, -0.05) is 24.3 Å². The predicted octanol–water partition coefficient (Wildman–Crippen LogP) is 2.78. The topological polar surface area (TPSA) is 60.0 Å². The molecule has 0 aromatic heterocycles. The second-order valence-corrected chi connectivity index (χ2v) is 5.57. The highest BCUT2D eigenvalue weighted by Gasteiger charge is 2.14. The van der Waals surface area contributed by atoms with Crippen molar-refractivity contribution in [1.29, 1.82) is 0 Å². The first-order valence-electron chi connectivity index (χ1n) is 7.90. The summed E-state index contributed by atoms with van der Waals surface area (Å²) in [6.07, 6.45) is 0. The zero-order valence-electron chi connectivity index (χ0n) is 15.0. The van der Waals surface area contributed by atoms with Crippen molar-refractivity contribution in [3.63, 3.8) is 0 Å². The van der Waals surface area contributed by atoms with Gasteiger partial charge in [0.1, 0.15) is 5.75 Å². The molecule has 1 N–H and O–H groups in total. The number of para-hydroxylation sites is 3. The van der Waals surface area contributed by atoms with E-state index in [0.29, 0.717) is 29.5 Å². The summed E-state index contributed by atoms with van der Waals surface area (Å²) in [4.78, 5) is 14.2. The fraction of sp³-hybridized carbons (Fsp3) is 0.316. The minimum atomic E-state index is -0.117. The second-order valence-electron chi connectivity index (χ2n) is 5.57. The van der Waals surface area contributed by atoms with Gasteiger partial charge in [0.25, 0.3) is 0 Å². The first-order valence-corrected chi connectivity index (χ1v) is 7.90. The molecule has 0 saturated carbocycles. The zero-order valence-corrected chi connectivity index (χ0v) is 15.0. The van der Waals surface area contributed by atoms with Crippen molar-refractivity contribution in [2.45, 2.75) is 6.54 Å². The fourth-order valence-corrected chi connectivity index (χ4v) is 2.61. The number of nitrogens with zero attached hydrogens (tertiary/aromatic N) is 1. The highest BCUT2D eigenvalue weighted by molar-refractivity contribution is 5.93. The molecule has 25 heavy (non-hydrogen) atoms. The summed E-state index contributed by atoms with van der Waals surface area (Å²) in [6, 6.07) is 13.0. The van der Waals surface area contributed by atoms with Gasteiger partial charge < -0.3 is 19.5 Å². The molecule has 0 atom stereocenters. The predicted molar refractivity (Wildman–Crippen MR) is 97.5 cm³/mol. The molecule has 0 aliphatic heterocycles. The lowest BCUT2D eigenvalue weighted by atomic mass is 10.1. The van der Waals surface area contributed by atoms with E-state index in [-0.39, 0.29) is 12.5 Å². The Kier molecular flexibility index (Phi) is 6.65. The van der Waals surface area contributed by atoms with Gasteiger partial charge in [0.2, 0.25) is 5.91 Å². The van der Waals surface area contributed by atoms with Crippen LogP contribution >= 0.6 is 0 Å². The number of rotatable bonds is 8. The van der Waals surface area contributed by atoms with Crippen LogP contribution in [0.1, 0.15) is 5.56 Å². The summed E-state index contributed by atoms with van der Waals surface area (Å²) in [6.45, 7) is 0.790. The molecule has 0 heterocycles. The fourth-order valence-electron chi connectivity index (χ4n) is 2.61. The third-order valence-corrected chi connectivity index (χ3v) is 3.72. The van der Waals surface area contributed by atoms with Gasteiger partial charge in [-0.15, -0.1) is 0 Å². The number of carbonyl (C=O) groups is 1. The van der Waals surface area contributed by atoms with E-state index in [1.807, 2.05) is 48.3 Å². The van der Waals surface area contributed by atoms with E-state index < -0.39 is 0 Å². The summed E-state index contributed by atoms with van der Waals surface area (Å²) in [5.41, 5.74) is 1.61. The molecule has 0 aliphatic rings. The number of hydrogen-bond donors (Lipinski definition) is 1. The summed E-state index contributed by atoms with van der Waals surface area (Å²) in [5, 5.41) is 2.87. The van der Waals surface area contributed by atoms with E-state index in [0.717, 1.165) is 5.56 Å². The van der Waals surface area contributed by atoms with Crippen molar-refractivity contribution in [3.05, 3.63) is 48.0 Å². The first-order chi connectivity index (χ1) is 12.1. The number of benzene rings is 2. The normalized spacial score (nSPS) is 10.4. The Hall–Kier alpha value is -2.73. The van der Waals surface area contributed by atoms with Crippen molar-refractivity contribution in [2.24, 2.45) is 0 Å². The van der Waals surface area contributed by atoms with E-state index in [2.05, 4.69) is 5.32 Å². The van der Waals surface area contributed by atoms with Crippen molar-refractivity contribution >= 4 is 11.6 Å². The molecule has 2 aromatic carbocycles. The second kappa shape index (κ2) is 8.94. The summed E-state index contributed by atoms with van der Waals surface area (Å²) in [7, 11) is 6.66. The lowest BCUT2D eigenvalue weighted by molar-refractivity contribution is -0.117. The average Bonchev–Trinajstić information content (AvgIpc) is 2.61. The van der Waals surface area contributed by atoms with Crippen molar-refractivity contribution < 1.29 is 19.0 Å². The van der Waals surface area contributed by atoms with E-state index in [4.69, 9.17) is 14.2 Å². The van der Waals surface area contributed by atoms with Gasteiger partial charge in [-0.2, -0.15) is 0 Å². The van der Waals surface area contributed by atoms with Crippen LogP contribution in [-0.2, 0) is 11.3 Å². The Morgan fingerprint density at radius 2 is 1.64 bits per heavy atom. The van der Waals surface area contributed by atoms with Crippen molar-refractivity contribution in [2.75, 3.05) is 40.2 Å². The van der Waals surface area contributed by atoms with Crippen LogP contribution in [0.3, 0.4) is 0 Å². The van der Waals surface area contributed by atoms with E-state index >= 15 is 0 Å². The molecular weight excluding hydrogens is 320 g/mol. The largest absolute Gasteiger partial charge is 0.495 e. The van der Waals surface area contributed by atoms with E-state index in [1.54, 1.807) is 27.4 Å². The highest BCUT2D eigenvalue weighted by atomic mass is 16.5. The number of methoxy groups -OCH3 is 3. The SMILES string of the molecule is COc1ccccc1NC(=O)CN(C)Cc1cccc(OC)c1OC. The van der Waals surface area contributed by atoms with Gasteiger partial charge in [-0.05, 0) is 25.2 Å². The number of nitrogens with one attached hydrogen (secondary N) is 1. The quantitative estimate of drug-likeness (QED) is 0.798. The molecular formula is C19H24N2O4. The molecule has 0 bridgehead atoms. The molecule has 134 valence electrons. The van der Waals surface area contributed by atoms with Gasteiger partial charge in [-0.25, -0.2) is 0 Å². The summed E-state index contributed by atoms with van der Waals surface area (Å²) >= 11 is 0. The molecule has 2 rings (SSSR count). The van der Waals surface area contributed by atoms with Crippen LogP contribution in [0.15, 0.2) is 42.5 Å². The number of hydrogen-bond acceptors (Lipinski definition) is 5. The van der Waals surface area contributed by atoms with Crippen LogP contribution in [0.25, 0.3) is 0 Å². The molecule has 0 saturated heterocycles. The number of ether oxygens (including phenoxy) is 3. The van der Waals surface area contributed by atoms with Crippen LogP contribution in [0.4, 0.5) is 5.69 Å². The molecule has 6 nitrogen and oxygen atoms in total. The third kappa shape index (κ3) is 4.87. The lowest BCUT2D eigenvalue weighted by Crippen LogP contribution is -2.30. The Balaban J connectivity index is 2.00. The summed E-state index contributed by atoms with van der Waals surface area (Å²) < 4.78 is 16.0. The number of carbonyl (C=O) groups excluding carboxylic acids is 1. The van der Waals surface area contributed by atoms with Gasteiger partial charge in [0.15, 0.2) is 11.5 Å². The molecule has 0 radical (unpaired) electrons. The number of amides is 1. The van der Waals surface area contributed by atoms with Gasteiger partial charge >= 0.3 is 0 Å². The first kappa shape index (κ1) is 18.6. The Bertz CT molecular complexity index is 718. The van der Waals surface area contributed by atoms with Crippen LogP contribution in [-0.4, -0.2) is 45.7 Å². The maximum Gasteiger partial charge on any atom is 0.238 e. The Labute approximate surface area is 148 Å². The van der Waals surface area contributed by atoms with E-state index in [9.17, 15) is 4.79 Å². The Morgan fingerprint density at radius 3 is 2.32 bits per heavy atom. The minimum Gasteiger partial charge on any atom is -0.495 e. The molecule has 0 fully saturated rings. The van der Waals surface area contributed by atoms with Crippen LogP contribution in [0.5, 0.6) is 17.2 Å². The van der Waals surface area contributed by atoms with Crippen molar-refractivity contribution in [3.8, 4) is 17.2 Å². The maximum absolute atomic E-state index is 12.3. The van der Waals surface area contributed by atoms with Crippen molar-refractivity contribution in [1.82, 2.24) is 4.90 Å². The van der Waals surface area contributed by atoms with E-state index in [1.165, 1.54) is 0 Å². The van der Waals surface area contributed by atoms with Crippen LogP contribution < -0.4 is 19.5 Å². The van der Waals surface area contributed by atoms with Crippen LogP contribution in [0.2, 0.25) is 0 Å². The maximum atomic E-state index is 12.3. The highest BCUT2D eigenvalue weighted by Crippen LogP contribution is 2.31. The standard InChI is InChI=1S/C19H24N2O4/c1-21(12-14-8-7-11-17(24-3)19(14)25-4)13-18(22)20-15-9-5-6-10-16(15)23-2/h5-11H,12-13H2,1-4H3,(H,20,22). The molecule has 2 aromatic rings. The molecule has 1 amide bonds. The summed E-state index contributed by atoms with van der Waals surface area (Å²) in [5.74, 6) is 1.87. The third-order valence-electron chi connectivity index (χ3n) is 3.72. The minimum absolute atomic E-state index is 0.117. The molecule has 0 aliphatic carbocycles. The molecule has 6 heteroatoms. The average molecular weight is 344 g/mol. The monoisotopic (exact) mass is 344 g/mol. The molecule has 0 unspecified atom stereocenters. The molecule has 0 spiro atoms. The number of anilines is 1. The number of likely N-dealkylation sites (N-methyl/N-ethyl adjacent to an activating group) is 1. The van der Waals surface area contributed by atoms with Crippen LogP contribution in [0, 0.1) is 0 Å². The van der Waals surface area contributed by atoms with Gasteiger partial charge in [0, 0.05) is 12.1 Å². The lowest BCUT2D eigenvalue weighted by Gasteiger charge is -2.19. The Morgan fingerprint density at radius 1 is 0.960 bits per heavy atom. The van der Waals surface area contributed by atoms with Gasteiger partial charge in [-0.3, -0.25) is 9.69 Å². The van der Waals surface area contributed by atoms with Gasteiger partial charge in [0.05, 0.1) is 33.6 Å². The smallest absolute Gasteiger partial charge is 0.238 e.